The first-order valence-corrected chi connectivity index (χ1v) is 7.65. The molecule has 2 aromatic heterocycles. The first-order chi connectivity index (χ1) is 9.08. The first kappa shape index (κ1) is 12.8. The number of thiophene rings is 1. The second-order valence-electron chi connectivity index (χ2n) is 4.16. The van der Waals surface area contributed by atoms with E-state index in [0.717, 1.165) is 20.6 Å². The molecule has 0 aliphatic rings. The summed E-state index contributed by atoms with van der Waals surface area (Å²) < 4.78 is 2.95. The summed E-state index contributed by atoms with van der Waals surface area (Å²) in [5.74, 6) is 0. The topological polar surface area (TPSA) is 37.8 Å². The summed E-state index contributed by atoms with van der Waals surface area (Å²) in [5.41, 5.74) is 1.72. The number of hydrogen-bond donors (Lipinski definition) is 1. The summed E-state index contributed by atoms with van der Waals surface area (Å²) in [6.07, 6.45) is 0. The Hall–Kier alpha value is -1.24. The molecule has 2 heterocycles. The van der Waals surface area contributed by atoms with E-state index in [9.17, 15) is 4.79 Å². The van der Waals surface area contributed by atoms with Gasteiger partial charge in [-0.3, -0.25) is 9.36 Å². The van der Waals surface area contributed by atoms with Crippen LogP contribution in [0, 0.1) is 11.7 Å². The monoisotopic (exact) mass is 352 g/mol. The zero-order valence-electron chi connectivity index (χ0n) is 9.94. The van der Waals surface area contributed by atoms with Gasteiger partial charge in [0.2, 0.25) is 0 Å². The number of nitrogens with one attached hydrogen (secondary N) is 1. The van der Waals surface area contributed by atoms with Gasteiger partial charge in [0, 0.05) is 4.47 Å². The highest BCUT2D eigenvalue weighted by molar-refractivity contribution is 9.10. The molecule has 0 atom stereocenters. The van der Waals surface area contributed by atoms with Gasteiger partial charge in [0.05, 0.1) is 11.1 Å². The number of hydrogen-bond acceptors (Lipinski definition) is 3. The largest absolute Gasteiger partial charge is 0.323 e. The van der Waals surface area contributed by atoms with Crippen molar-refractivity contribution in [1.29, 1.82) is 0 Å². The van der Waals surface area contributed by atoms with E-state index in [2.05, 4.69) is 20.9 Å². The number of halogens is 1. The summed E-state index contributed by atoms with van der Waals surface area (Å²) in [6, 6.07) is 7.58. The second kappa shape index (κ2) is 4.70. The maximum Gasteiger partial charge on any atom is 0.267 e. The molecule has 0 amide bonds. The number of aromatic amines is 1. The lowest BCUT2D eigenvalue weighted by Gasteiger charge is -2.09. The molecule has 0 bridgehead atoms. The van der Waals surface area contributed by atoms with Crippen molar-refractivity contribution in [3.8, 4) is 5.69 Å². The molecule has 19 heavy (non-hydrogen) atoms. The van der Waals surface area contributed by atoms with Gasteiger partial charge in [-0.2, -0.15) is 0 Å². The molecule has 0 aliphatic heterocycles. The highest BCUT2D eigenvalue weighted by atomic mass is 79.9. The molecule has 3 nitrogen and oxygen atoms in total. The normalized spacial score (nSPS) is 11.1. The zero-order valence-corrected chi connectivity index (χ0v) is 13.2. The SMILES string of the molecule is Cc1cc(Br)ccc1-n1c(=S)[nH]c2sccc2c1=O. The van der Waals surface area contributed by atoms with Crippen LogP contribution < -0.4 is 5.56 Å². The van der Waals surface area contributed by atoms with Crippen LogP contribution in [0.25, 0.3) is 15.9 Å². The molecule has 6 heteroatoms. The van der Waals surface area contributed by atoms with E-state index in [0.29, 0.717) is 10.2 Å². The molecule has 0 saturated heterocycles. The number of rotatable bonds is 1. The van der Waals surface area contributed by atoms with Crippen molar-refractivity contribution in [3.05, 3.63) is 54.8 Å². The summed E-state index contributed by atoms with van der Waals surface area (Å²) in [4.78, 5) is 16.4. The van der Waals surface area contributed by atoms with Crippen molar-refractivity contribution in [2.75, 3.05) is 0 Å². The summed E-state index contributed by atoms with van der Waals surface area (Å²) in [7, 11) is 0. The van der Waals surface area contributed by atoms with E-state index in [1.165, 1.54) is 11.3 Å². The van der Waals surface area contributed by atoms with E-state index < -0.39 is 0 Å². The Morgan fingerprint density at radius 2 is 2.16 bits per heavy atom. The molecule has 0 unspecified atom stereocenters. The van der Waals surface area contributed by atoms with Crippen LogP contribution in [0.4, 0.5) is 0 Å². The van der Waals surface area contributed by atoms with Crippen molar-refractivity contribution in [1.82, 2.24) is 9.55 Å². The number of H-pyrrole nitrogens is 1. The molecule has 0 spiro atoms. The lowest BCUT2D eigenvalue weighted by atomic mass is 10.2. The molecule has 1 N–H and O–H groups in total. The lowest BCUT2D eigenvalue weighted by molar-refractivity contribution is 0.933. The molecule has 96 valence electrons. The fourth-order valence-corrected chi connectivity index (χ4v) is 3.63. The predicted octanol–water partition coefficient (Wildman–Crippen LogP) is 4.18. The van der Waals surface area contributed by atoms with Crippen molar-refractivity contribution >= 4 is 49.7 Å². The molecule has 1 aromatic carbocycles. The molecular weight excluding hydrogens is 344 g/mol. The second-order valence-corrected chi connectivity index (χ2v) is 6.38. The minimum absolute atomic E-state index is 0.0783. The van der Waals surface area contributed by atoms with Gasteiger partial charge in [-0.15, -0.1) is 11.3 Å². The van der Waals surface area contributed by atoms with Crippen LogP contribution in [-0.2, 0) is 0 Å². The quantitative estimate of drug-likeness (QED) is 0.667. The van der Waals surface area contributed by atoms with E-state index in [-0.39, 0.29) is 5.56 Å². The maximum atomic E-state index is 12.5. The molecule has 0 radical (unpaired) electrons. The molecule has 3 aromatic rings. The van der Waals surface area contributed by atoms with E-state index in [1.54, 1.807) is 4.57 Å². The third-order valence-electron chi connectivity index (χ3n) is 2.92. The van der Waals surface area contributed by atoms with Gasteiger partial charge < -0.3 is 4.98 Å². The van der Waals surface area contributed by atoms with Crippen LogP contribution in [0.5, 0.6) is 0 Å². The first-order valence-electron chi connectivity index (χ1n) is 5.57. The fourth-order valence-electron chi connectivity index (χ4n) is 2.03. The van der Waals surface area contributed by atoms with Gasteiger partial charge in [-0.25, -0.2) is 0 Å². The molecular formula is C13H9BrN2OS2. The van der Waals surface area contributed by atoms with Crippen molar-refractivity contribution in [3.63, 3.8) is 0 Å². The van der Waals surface area contributed by atoms with Gasteiger partial charge in [0.25, 0.3) is 5.56 Å². The van der Waals surface area contributed by atoms with E-state index >= 15 is 0 Å². The number of nitrogens with zero attached hydrogens (tertiary/aromatic N) is 1. The molecule has 0 saturated carbocycles. The number of aromatic nitrogens is 2. The molecule has 0 aliphatic carbocycles. The van der Waals surface area contributed by atoms with Crippen LogP contribution in [-0.4, -0.2) is 9.55 Å². The van der Waals surface area contributed by atoms with Crippen molar-refractivity contribution < 1.29 is 0 Å². The lowest BCUT2D eigenvalue weighted by Crippen LogP contribution is -2.20. The summed E-state index contributed by atoms with van der Waals surface area (Å²) in [5, 5.41) is 2.55. The highest BCUT2D eigenvalue weighted by Crippen LogP contribution is 2.20. The van der Waals surface area contributed by atoms with E-state index in [4.69, 9.17) is 12.2 Å². The Morgan fingerprint density at radius 1 is 1.37 bits per heavy atom. The summed E-state index contributed by atoms with van der Waals surface area (Å²) in [6.45, 7) is 1.96. The van der Waals surface area contributed by atoms with Crippen molar-refractivity contribution in [2.45, 2.75) is 6.92 Å². The van der Waals surface area contributed by atoms with Gasteiger partial charge in [0.15, 0.2) is 4.77 Å². The third kappa shape index (κ3) is 2.09. The Balaban J connectivity index is 2.42. The van der Waals surface area contributed by atoms with Gasteiger partial charge in [0.1, 0.15) is 4.83 Å². The van der Waals surface area contributed by atoms with Crippen LogP contribution in [0.1, 0.15) is 5.56 Å². The van der Waals surface area contributed by atoms with Gasteiger partial charge in [-0.05, 0) is 54.4 Å². The number of aryl methyl sites for hydroxylation is 1. The Labute approximate surface area is 126 Å². The van der Waals surface area contributed by atoms with Gasteiger partial charge >= 0.3 is 0 Å². The number of fused-ring (bicyclic) bond motifs is 1. The minimum atomic E-state index is -0.0783. The van der Waals surface area contributed by atoms with Crippen LogP contribution in [0.15, 0.2) is 38.9 Å². The average molecular weight is 353 g/mol. The summed E-state index contributed by atoms with van der Waals surface area (Å²) >= 11 is 10.2. The standard InChI is InChI=1S/C13H9BrN2OS2/c1-7-6-8(14)2-3-10(7)16-12(17)9-4-5-19-11(9)15-13(16)18/h2-6H,1H3,(H,15,18). The third-order valence-corrected chi connectivity index (χ3v) is 4.53. The minimum Gasteiger partial charge on any atom is -0.323 e. The van der Waals surface area contributed by atoms with Crippen LogP contribution in [0.3, 0.4) is 0 Å². The Bertz CT molecular complexity index is 892. The zero-order chi connectivity index (χ0) is 13.6. The molecule has 0 fully saturated rings. The van der Waals surface area contributed by atoms with Crippen LogP contribution >= 0.6 is 39.5 Å². The number of benzene rings is 1. The van der Waals surface area contributed by atoms with E-state index in [1.807, 2.05) is 36.6 Å². The Morgan fingerprint density at radius 3 is 2.89 bits per heavy atom. The van der Waals surface area contributed by atoms with Crippen molar-refractivity contribution in [2.24, 2.45) is 0 Å². The van der Waals surface area contributed by atoms with Gasteiger partial charge in [-0.1, -0.05) is 15.9 Å². The van der Waals surface area contributed by atoms with Crippen LogP contribution in [0.2, 0.25) is 0 Å². The fraction of sp³-hybridized carbons (Fsp3) is 0.0769. The maximum absolute atomic E-state index is 12.5. The highest BCUT2D eigenvalue weighted by Gasteiger charge is 2.10. The Kier molecular flexibility index (Phi) is 3.16. The smallest absolute Gasteiger partial charge is 0.267 e. The molecule has 3 rings (SSSR count). The average Bonchev–Trinajstić information content (AvgIpc) is 2.80. The predicted molar refractivity (Wildman–Crippen MR) is 85.0 cm³/mol.